The van der Waals surface area contributed by atoms with Gasteiger partial charge in [0.1, 0.15) is 10.0 Å². The summed E-state index contributed by atoms with van der Waals surface area (Å²) in [5.41, 5.74) is 0.345. The number of halogens is 3. The van der Waals surface area contributed by atoms with E-state index in [1.165, 1.54) is 0 Å². The van der Waals surface area contributed by atoms with E-state index in [1.54, 1.807) is 6.92 Å². The minimum atomic E-state index is -0.926. The molecule has 0 radical (unpaired) electrons. The molecule has 0 aliphatic carbocycles. The van der Waals surface area contributed by atoms with Crippen molar-refractivity contribution in [3.05, 3.63) is 21.6 Å². The molecule has 0 amide bonds. The molecule has 0 fully saturated rings. The minimum Gasteiger partial charge on any atom is -0.264 e. The Morgan fingerprint density at radius 3 is 2.56 bits per heavy atom. The van der Waals surface area contributed by atoms with Gasteiger partial charge in [-0.05, 0) is 12.0 Å². The van der Waals surface area contributed by atoms with Gasteiger partial charge in [0.05, 0.1) is 0 Å². The first-order valence-electron chi connectivity index (χ1n) is 4.35. The van der Waals surface area contributed by atoms with Crippen LogP contribution in [0.15, 0.2) is 0 Å². The second-order valence-electron chi connectivity index (χ2n) is 2.83. The first-order valence-corrected chi connectivity index (χ1v) is 5.11. The van der Waals surface area contributed by atoms with Gasteiger partial charge in [0.2, 0.25) is 5.95 Å². The molecule has 0 saturated heterocycles. The van der Waals surface area contributed by atoms with Gasteiger partial charge in [-0.2, -0.15) is 9.37 Å². The highest BCUT2D eigenvalue weighted by Gasteiger charge is 2.18. The van der Waals surface area contributed by atoms with Crippen LogP contribution in [-0.4, -0.2) is 11.0 Å². The summed E-state index contributed by atoms with van der Waals surface area (Å²) >= 11 is 11.5. The van der Waals surface area contributed by atoms with Gasteiger partial charge in [-0.1, -0.05) is 30.1 Å². The second kappa shape index (κ2) is 5.32. The molecule has 4 nitrogen and oxygen atoms in total. The van der Waals surface area contributed by atoms with Crippen molar-refractivity contribution >= 4 is 29.2 Å². The highest BCUT2D eigenvalue weighted by molar-refractivity contribution is 6.36. The number of aromatic nitrogens is 1. The number of rotatable bonds is 3. The van der Waals surface area contributed by atoms with Gasteiger partial charge in [-0.15, -0.1) is 0 Å². The summed E-state index contributed by atoms with van der Waals surface area (Å²) in [6.45, 7) is 2.86. The maximum absolute atomic E-state index is 13.2. The van der Waals surface area contributed by atoms with E-state index in [1.807, 2.05) is 0 Å². The van der Waals surface area contributed by atoms with Crippen molar-refractivity contribution in [2.45, 2.75) is 20.3 Å². The molecule has 0 bridgehead atoms. The molecular weight excluding hydrogens is 260 g/mol. The van der Waals surface area contributed by atoms with Crippen molar-refractivity contribution in [3.8, 4) is 5.88 Å². The number of hydrogen-bond acceptors (Lipinski definition) is 4. The van der Waals surface area contributed by atoms with Crippen molar-refractivity contribution in [1.82, 2.24) is 4.98 Å². The smallest absolute Gasteiger partial charge is 0.264 e. The Balaban J connectivity index is 3.10. The molecule has 0 aliphatic rings. The van der Waals surface area contributed by atoms with E-state index < -0.39 is 11.9 Å². The Labute approximate surface area is 101 Å². The minimum absolute atomic E-state index is 0.0233. The molecule has 0 aromatic carbocycles. The monoisotopic (exact) mass is 267 g/mol. The Bertz CT molecular complexity index is 426. The maximum atomic E-state index is 13.2. The fourth-order valence-corrected chi connectivity index (χ4v) is 1.62. The number of carbonyl (C=O) groups excluding carboxylic acids is 1. The van der Waals surface area contributed by atoms with Gasteiger partial charge in [0.15, 0.2) is 0 Å². The summed E-state index contributed by atoms with van der Waals surface area (Å²) in [6, 6.07) is 0. The van der Waals surface area contributed by atoms with E-state index in [2.05, 4.69) is 14.8 Å². The van der Waals surface area contributed by atoms with Crippen molar-refractivity contribution in [2.24, 2.45) is 0 Å². The zero-order valence-corrected chi connectivity index (χ0v) is 10.0. The lowest BCUT2D eigenvalue weighted by molar-refractivity contribution is -0.212. The third-order valence-corrected chi connectivity index (χ3v) is 2.46. The van der Waals surface area contributed by atoms with Gasteiger partial charge < -0.3 is 0 Å². The zero-order valence-electron chi connectivity index (χ0n) is 8.51. The van der Waals surface area contributed by atoms with Crippen LogP contribution in [0.3, 0.4) is 0 Å². The maximum Gasteiger partial charge on any atom is 0.352 e. The molecule has 0 aliphatic heterocycles. The van der Waals surface area contributed by atoms with Gasteiger partial charge in [-0.25, -0.2) is 9.68 Å². The molecule has 0 unspecified atom stereocenters. The van der Waals surface area contributed by atoms with E-state index in [0.717, 1.165) is 6.92 Å². The largest absolute Gasteiger partial charge is 0.352 e. The number of carbonyl (C=O) groups is 1. The fourth-order valence-electron chi connectivity index (χ4n) is 1.00. The highest BCUT2D eigenvalue weighted by Crippen LogP contribution is 2.33. The van der Waals surface area contributed by atoms with Crippen LogP contribution < -0.4 is 4.89 Å². The van der Waals surface area contributed by atoms with E-state index in [-0.39, 0.29) is 15.9 Å². The predicted octanol–water partition coefficient (Wildman–Crippen LogP) is 2.95. The quantitative estimate of drug-likeness (QED) is 0.480. The Morgan fingerprint density at radius 1 is 1.44 bits per heavy atom. The van der Waals surface area contributed by atoms with E-state index in [9.17, 15) is 9.18 Å². The Hall–Kier alpha value is -1.07. The van der Waals surface area contributed by atoms with Gasteiger partial charge in [0.25, 0.3) is 5.88 Å². The van der Waals surface area contributed by atoms with Gasteiger partial charge >= 0.3 is 5.97 Å². The first kappa shape index (κ1) is 13.0. The van der Waals surface area contributed by atoms with Crippen LogP contribution in [-0.2, 0) is 16.1 Å². The number of nitrogens with zero attached hydrogens (tertiary/aromatic N) is 1. The molecule has 88 valence electrons. The summed E-state index contributed by atoms with van der Waals surface area (Å²) in [7, 11) is 0. The average Bonchev–Trinajstić information content (AvgIpc) is 2.22. The van der Waals surface area contributed by atoms with Gasteiger partial charge in [-0.3, -0.25) is 4.89 Å². The molecule has 16 heavy (non-hydrogen) atoms. The van der Waals surface area contributed by atoms with Crippen LogP contribution in [0.1, 0.15) is 19.4 Å². The van der Waals surface area contributed by atoms with Crippen molar-refractivity contribution < 1.29 is 19.0 Å². The molecule has 0 spiro atoms. The molecule has 7 heteroatoms. The second-order valence-corrected chi connectivity index (χ2v) is 3.58. The summed E-state index contributed by atoms with van der Waals surface area (Å²) in [5.74, 6) is -1.95. The number of hydrogen-bond donors (Lipinski definition) is 0. The summed E-state index contributed by atoms with van der Waals surface area (Å²) < 4.78 is 13.2. The van der Waals surface area contributed by atoms with Crippen LogP contribution in [0.5, 0.6) is 5.88 Å². The standard InChI is InChI=1S/C9H8Cl2FNO3/c1-3-5-6(10)8(12)13-9(7(5)11)16-15-4(2)14/h3H2,1-2H3. The number of pyridine rings is 1. The average molecular weight is 268 g/mol. The summed E-state index contributed by atoms with van der Waals surface area (Å²) in [5, 5.41) is -0.141. The molecular formula is C9H8Cl2FNO3. The van der Waals surface area contributed by atoms with Crippen LogP contribution in [0.4, 0.5) is 4.39 Å². The van der Waals surface area contributed by atoms with Crippen LogP contribution >= 0.6 is 23.2 Å². The summed E-state index contributed by atoms with van der Waals surface area (Å²) in [4.78, 5) is 22.5. The fraction of sp³-hybridized carbons (Fsp3) is 0.333. The third kappa shape index (κ3) is 2.74. The topological polar surface area (TPSA) is 48.4 Å². The van der Waals surface area contributed by atoms with E-state index in [0.29, 0.717) is 12.0 Å². The Kier molecular flexibility index (Phi) is 4.32. The molecule has 0 saturated carbocycles. The van der Waals surface area contributed by atoms with E-state index in [4.69, 9.17) is 23.2 Å². The van der Waals surface area contributed by atoms with Crippen molar-refractivity contribution in [1.29, 1.82) is 0 Å². The molecule has 1 rings (SSSR count). The lowest BCUT2D eigenvalue weighted by Gasteiger charge is -2.08. The predicted molar refractivity (Wildman–Crippen MR) is 56.0 cm³/mol. The summed E-state index contributed by atoms with van der Waals surface area (Å²) in [6.07, 6.45) is 0.396. The lowest BCUT2D eigenvalue weighted by Crippen LogP contribution is -2.06. The lowest BCUT2D eigenvalue weighted by atomic mass is 10.2. The molecule has 1 aromatic heterocycles. The van der Waals surface area contributed by atoms with Crippen LogP contribution in [0, 0.1) is 5.95 Å². The molecule has 1 heterocycles. The SMILES string of the molecule is CCc1c(Cl)c(F)nc(OOC(C)=O)c1Cl. The molecule has 1 aromatic rings. The van der Waals surface area contributed by atoms with Crippen LogP contribution in [0.25, 0.3) is 0 Å². The van der Waals surface area contributed by atoms with Gasteiger partial charge in [0, 0.05) is 6.92 Å². The molecule has 0 atom stereocenters. The van der Waals surface area contributed by atoms with Crippen molar-refractivity contribution in [2.75, 3.05) is 0 Å². The van der Waals surface area contributed by atoms with Crippen LogP contribution in [0.2, 0.25) is 10.0 Å². The normalized spacial score (nSPS) is 10.1. The molecule has 0 N–H and O–H groups in total. The van der Waals surface area contributed by atoms with E-state index >= 15 is 0 Å². The zero-order chi connectivity index (χ0) is 12.3. The van der Waals surface area contributed by atoms with Crippen molar-refractivity contribution in [3.63, 3.8) is 0 Å². The first-order chi connectivity index (χ1) is 7.47. The highest BCUT2D eigenvalue weighted by atomic mass is 35.5. The Morgan fingerprint density at radius 2 is 2.06 bits per heavy atom. The third-order valence-electron chi connectivity index (χ3n) is 1.69.